The van der Waals surface area contributed by atoms with Crippen molar-refractivity contribution >= 4 is 33.4 Å². The van der Waals surface area contributed by atoms with Gasteiger partial charge in [0.05, 0.1) is 11.6 Å². The van der Waals surface area contributed by atoms with E-state index in [0.29, 0.717) is 37.8 Å². The summed E-state index contributed by atoms with van der Waals surface area (Å²) < 4.78 is 11.0. The summed E-state index contributed by atoms with van der Waals surface area (Å²) in [7, 11) is 0. The number of ether oxygens (including phenoxy) is 1. The van der Waals surface area contributed by atoms with E-state index in [1.54, 1.807) is 33.3 Å². The molecule has 0 atom stereocenters. The molecule has 5 rings (SSSR count). The summed E-state index contributed by atoms with van der Waals surface area (Å²) >= 11 is 1.71. The van der Waals surface area contributed by atoms with Crippen LogP contribution in [-0.4, -0.2) is 64.4 Å². The van der Waals surface area contributed by atoms with Gasteiger partial charge in [-0.3, -0.25) is 9.59 Å². The number of fused-ring (bicyclic) bond motifs is 3. The molecule has 0 N–H and O–H groups in total. The minimum Gasteiger partial charge on any atom is -0.467 e. The number of amides is 2. The van der Waals surface area contributed by atoms with Crippen molar-refractivity contribution < 1.29 is 18.7 Å². The summed E-state index contributed by atoms with van der Waals surface area (Å²) in [4.78, 5) is 39.5. The average molecular weight is 426 g/mol. The molecule has 1 aliphatic carbocycles. The van der Waals surface area contributed by atoms with Gasteiger partial charge in [0.2, 0.25) is 5.88 Å². The third-order valence-corrected chi connectivity index (χ3v) is 6.90. The molecule has 9 heteroatoms. The number of carbonyl (C=O) groups excluding carboxylic acids is 2. The lowest BCUT2D eigenvalue weighted by Crippen LogP contribution is -2.51. The molecule has 0 radical (unpaired) electrons. The van der Waals surface area contributed by atoms with E-state index in [4.69, 9.17) is 9.15 Å². The fourth-order valence-electron chi connectivity index (χ4n) is 4.11. The van der Waals surface area contributed by atoms with Crippen LogP contribution in [0.4, 0.5) is 0 Å². The zero-order valence-electron chi connectivity index (χ0n) is 16.5. The number of hydrogen-bond acceptors (Lipinski definition) is 7. The van der Waals surface area contributed by atoms with Gasteiger partial charge in [-0.25, -0.2) is 9.97 Å². The van der Waals surface area contributed by atoms with Crippen LogP contribution in [-0.2, 0) is 17.6 Å². The number of nitrogens with zero attached hydrogens (tertiary/aromatic N) is 4. The van der Waals surface area contributed by atoms with E-state index in [1.807, 2.05) is 0 Å². The third kappa shape index (κ3) is 3.54. The van der Waals surface area contributed by atoms with Gasteiger partial charge in [-0.15, -0.1) is 11.3 Å². The fourth-order valence-corrected chi connectivity index (χ4v) is 5.33. The zero-order chi connectivity index (χ0) is 20.5. The van der Waals surface area contributed by atoms with Crippen molar-refractivity contribution in [2.24, 2.45) is 0 Å². The number of hydrogen-bond donors (Lipinski definition) is 0. The summed E-state index contributed by atoms with van der Waals surface area (Å²) in [5.41, 5.74) is 1.29. The second-order valence-electron chi connectivity index (χ2n) is 7.51. The van der Waals surface area contributed by atoms with E-state index in [-0.39, 0.29) is 18.4 Å². The first kappa shape index (κ1) is 19.0. The number of aryl methyl sites for hydroxylation is 2. The Morgan fingerprint density at radius 1 is 1.10 bits per heavy atom. The quantitative estimate of drug-likeness (QED) is 0.637. The summed E-state index contributed by atoms with van der Waals surface area (Å²) in [6.45, 7) is 1.83. The maximum Gasteiger partial charge on any atom is 0.289 e. The lowest BCUT2D eigenvalue weighted by atomic mass is 9.97. The van der Waals surface area contributed by atoms with Crippen LogP contribution in [0.3, 0.4) is 0 Å². The minimum absolute atomic E-state index is 0.0666. The van der Waals surface area contributed by atoms with Gasteiger partial charge < -0.3 is 19.0 Å². The number of carbonyl (C=O) groups is 2. The average Bonchev–Trinajstić information content (AvgIpc) is 3.45. The third-order valence-electron chi connectivity index (χ3n) is 5.70. The molecular weight excluding hydrogens is 404 g/mol. The second-order valence-corrected chi connectivity index (χ2v) is 8.59. The van der Waals surface area contributed by atoms with E-state index in [9.17, 15) is 9.59 Å². The number of thiophene rings is 1. The molecule has 3 aromatic rings. The minimum atomic E-state index is -0.144. The van der Waals surface area contributed by atoms with Crippen molar-refractivity contribution in [1.29, 1.82) is 0 Å². The Hall–Kier alpha value is -2.94. The van der Waals surface area contributed by atoms with E-state index >= 15 is 0 Å². The van der Waals surface area contributed by atoms with Crippen molar-refractivity contribution in [2.75, 3.05) is 32.8 Å². The molecule has 1 fully saturated rings. The van der Waals surface area contributed by atoms with Crippen LogP contribution in [0.5, 0.6) is 5.88 Å². The molecule has 0 saturated carbocycles. The SMILES string of the molecule is O=C(COc1ncnc2sc3c(c12)CCCC3)N1CCN(C(=O)c2ccco2)CC1. The first-order valence-corrected chi connectivity index (χ1v) is 11.0. The van der Waals surface area contributed by atoms with Crippen LogP contribution < -0.4 is 4.74 Å². The second kappa shape index (κ2) is 8.06. The Balaban J connectivity index is 1.21. The standard InChI is InChI=1S/C21H22N4O4S/c26-17(24-7-9-25(10-8-24)21(27)15-5-3-11-28-15)12-29-19-18-14-4-1-2-6-16(14)30-20(18)23-13-22-19/h3,5,11,13H,1-2,4,6-10,12H2. The lowest BCUT2D eigenvalue weighted by molar-refractivity contribution is -0.134. The van der Waals surface area contributed by atoms with Crippen LogP contribution in [0.15, 0.2) is 29.1 Å². The predicted octanol–water partition coefficient (Wildman–Crippen LogP) is 2.53. The van der Waals surface area contributed by atoms with Gasteiger partial charge in [-0.05, 0) is 43.4 Å². The first-order valence-electron chi connectivity index (χ1n) is 10.2. The van der Waals surface area contributed by atoms with Crippen LogP contribution in [0.2, 0.25) is 0 Å². The maximum atomic E-state index is 12.7. The number of furan rings is 1. The summed E-state index contributed by atoms with van der Waals surface area (Å²) in [5.74, 6) is 0.578. The molecule has 4 heterocycles. The molecule has 30 heavy (non-hydrogen) atoms. The number of piperazine rings is 1. The fraction of sp³-hybridized carbons (Fsp3) is 0.429. The highest BCUT2D eigenvalue weighted by Crippen LogP contribution is 2.38. The van der Waals surface area contributed by atoms with Gasteiger partial charge in [0.15, 0.2) is 12.4 Å². The molecule has 0 aromatic carbocycles. The molecule has 0 bridgehead atoms. The summed E-state index contributed by atoms with van der Waals surface area (Å²) in [6.07, 6.45) is 7.44. The van der Waals surface area contributed by atoms with Gasteiger partial charge in [-0.2, -0.15) is 0 Å². The van der Waals surface area contributed by atoms with E-state index in [1.165, 1.54) is 29.5 Å². The van der Waals surface area contributed by atoms with Crippen LogP contribution in [0.1, 0.15) is 33.8 Å². The van der Waals surface area contributed by atoms with E-state index < -0.39 is 0 Å². The highest BCUT2D eigenvalue weighted by Gasteiger charge is 2.27. The van der Waals surface area contributed by atoms with Gasteiger partial charge in [0.25, 0.3) is 11.8 Å². The summed E-state index contributed by atoms with van der Waals surface area (Å²) in [6, 6.07) is 3.35. The van der Waals surface area contributed by atoms with Crippen LogP contribution in [0, 0.1) is 0 Å². The maximum absolute atomic E-state index is 12.7. The number of aromatic nitrogens is 2. The van der Waals surface area contributed by atoms with Crippen molar-refractivity contribution in [3.05, 3.63) is 40.9 Å². The topological polar surface area (TPSA) is 88.8 Å². The Labute approximate surface area is 177 Å². The van der Waals surface area contributed by atoms with Gasteiger partial charge in [0, 0.05) is 31.1 Å². The monoisotopic (exact) mass is 426 g/mol. The van der Waals surface area contributed by atoms with Crippen molar-refractivity contribution in [1.82, 2.24) is 19.8 Å². The highest BCUT2D eigenvalue weighted by atomic mass is 32.1. The first-order chi connectivity index (χ1) is 14.7. The molecule has 1 aliphatic heterocycles. The Morgan fingerprint density at radius 2 is 1.90 bits per heavy atom. The summed E-state index contributed by atoms with van der Waals surface area (Å²) in [5, 5.41) is 0.971. The molecule has 2 aliphatic rings. The smallest absolute Gasteiger partial charge is 0.289 e. The Morgan fingerprint density at radius 3 is 2.70 bits per heavy atom. The molecule has 8 nitrogen and oxygen atoms in total. The molecule has 0 spiro atoms. The van der Waals surface area contributed by atoms with Crippen LogP contribution in [0.25, 0.3) is 10.2 Å². The largest absolute Gasteiger partial charge is 0.467 e. The Bertz CT molecular complexity index is 1070. The molecule has 1 saturated heterocycles. The van der Waals surface area contributed by atoms with Gasteiger partial charge in [0.1, 0.15) is 11.2 Å². The zero-order valence-corrected chi connectivity index (χ0v) is 17.3. The predicted molar refractivity (Wildman–Crippen MR) is 111 cm³/mol. The van der Waals surface area contributed by atoms with Crippen molar-refractivity contribution in [3.8, 4) is 5.88 Å². The van der Waals surface area contributed by atoms with Gasteiger partial charge >= 0.3 is 0 Å². The molecule has 0 unspecified atom stereocenters. The molecule has 2 amide bonds. The normalized spacial score (nSPS) is 16.5. The van der Waals surface area contributed by atoms with Crippen molar-refractivity contribution in [3.63, 3.8) is 0 Å². The Kier molecular flexibility index (Phi) is 5.12. The van der Waals surface area contributed by atoms with Crippen molar-refractivity contribution in [2.45, 2.75) is 25.7 Å². The molecule has 156 valence electrons. The van der Waals surface area contributed by atoms with E-state index in [0.717, 1.165) is 29.5 Å². The lowest BCUT2D eigenvalue weighted by Gasteiger charge is -2.34. The molecule has 3 aromatic heterocycles. The highest BCUT2D eigenvalue weighted by molar-refractivity contribution is 7.18. The van der Waals surface area contributed by atoms with Crippen LogP contribution >= 0.6 is 11.3 Å². The van der Waals surface area contributed by atoms with E-state index in [2.05, 4.69) is 9.97 Å². The van der Waals surface area contributed by atoms with Gasteiger partial charge in [-0.1, -0.05) is 0 Å². The molecular formula is C21H22N4O4S. The number of rotatable bonds is 4.